The van der Waals surface area contributed by atoms with Crippen LogP contribution in [0.1, 0.15) is 53.4 Å². The summed E-state index contributed by atoms with van der Waals surface area (Å²) in [5.41, 5.74) is 1.08. The molecule has 1 nitrogen and oxygen atoms in total. The number of alkyl halides is 1. The Balaban J connectivity index is 2.43. The first-order valence-corrected chi connectivity index (χ1v) is 7.87. The molecule has 0 aromatic carbocycles. The molecule has 0 radical (unpaired) electrons. The first-order chi connectivity index (χ1) is 7.47. The molecule has 0 amide bonds. The molecule has 16 heavy (non-hydrogen) atoms. The maximum atomic E-state index is 3.62. The number of hydrogen-bond donors (Lipinski definition) is 0. The van der Waals surface area contributed by atoms with Crippen LogP contribution in [0.25, 0.3) is 0 Å². The highest BCUT2D eigenvalue weighted by Gasteiger charge is 2.32. The summed E-state index contributed by atoms with van der Waals surface area (Å²) < 4.78 is 0. The molecular formula is C14H28BrN. The Morgan fingerprint density at radius 2 is 1.62 bits per heavy atom. The molecule has 1 aliphatic heterocycles. The molecular weight excluding hydrogens is 262 g/mol. The van der Waals surface area contributed by atoms with Crippen LogP contribution in [0.15, 0.2) is 0 Å². The lowest BCUT2D eigenvalue weighted by atomic mass is 9.74. The van der Waals surface area contributed by atoms with Gasteiger partial charge in [0.15, 0.2) is 0 Å². The van der Waals surface area contributed by atoms with Crippen LogP contribution in [0.3, 0.4) is 0 Å². The highest BCUT2D eigenvalue weighted by molar-refractivity contribution is 9.09. The van der Waals surface area contributed by atoms with Crippen LogP contribution in [0.2, 0.25) is 0 Å². The van der Waals surface area contributed by atoms with E-state index in [9.17, 15) is 0 Å². The Kier molecular flexibility index (Phi) is 5.31. The van der Waals surface area contributed by atoms with Crippen LogP contribution in [-0.4, -0.2) is 29.9 Å². The molecule has 1 aliphatic rings. The largest absolute Gasteiger partial charge is 0.303 e. The molecule has 0 unspecified atom stereocenters. The van der Waals surface area contributed by atoms with E-state index in [1.807, 2.05) is 0 Å². The van der Waals surface area contributed by atoms with Crippen molar-refractivity contribution in [2.45, 2.75) is 53.4 Å². The van der Waals surface area contributed by atoms with Crippen LogP contribution in [0.4, 0.5) is 0 Å². The summed E-state index contributed by atoms with van der Waals surface area (Å²) in [5, 5.41) is 1.10. The van der Waals surface area contributed by atoms with Crippen molar-refractivity contribution in [1.29, 1.82) is 0 Å². The minimum absolute atomic E-state index is 0.415. The maximum Gasteiger partial charge on any atom is 0.00949 e. The molecule has 1 saturated heterocycles. The van der Waals surface area contributed by atoms with Crippen molar-refractivity contribution in [2.24, 2.45) is 10.8 Å². The number of piperidine rings is 1. The Morgan fingerprint density at radius 3 is 2.00 bits per heavy atom. The lowest BCUT2D eigenvalue weighted by Crippen LogP contribution is -2.44. The van der Waals surface area contributed by atoms with Crippen molar-refractivity contribution in [3.8, 4) is 0 Å². The fraction of sp³-hybridized carbons (Fsp3) is 1.00. The van der Waals surface area contributed by atoms with Gasteiger partial charge in [-0.2, -0.15) is 0 Å². The zero-order chi connectivity index (χ0) is 12.2. The van der Waals surface area contributed by atoms with Crippen molar-refractivity contribution in [3.63, 3.8) is 0 Å². The van der Waals surface area contributed by atoms with Crippen molar-refractivity contribution >= 4 is 15.9 Å². The van der Waals surface area contributed by atoms with Gasteiger partial charge in [0.25, 0.3) is 0 Å². The summed E-state index contributed by atoms with van der Waals surface area (Å²) >= 11 is 3.62. The van der Waals surface area contributed by atoms with Gasteiger partial charge in [0, 0.05) is 11.9 Å². The molecule has 1 fully saturated rings. The Labute approximate surface area is 110 Å². The molecule has 0 aromatic rings. The molecule has 0 spiro atoms. The minimum atomic E-state index is 0.415. The summed E-state index contributed by atoms with van der Waals surface area (Å²) in [5.74, 6) is 0. The lowest BCUT2D eigenvalue weighted by Gasteiger charge is -2.43. The highest BCUT2D eigenvalue weighted by Crippen LogP contribution is 2.38. The van der Waals surface area contributed by atoms with Gasteiger partial charge in [0.1, 0.15) is 0 Å². The van der Waals surface area contributed by atoms with E-state index >= 15 is 0 Å². The van der Waals surface area contributed by atoms with Gasteiger partial charge < -0.3 is 4.90 Å². The molecule has 0 aromatic heterocycles. The van der Waals surface area contributed by atoms with E-state index in [0.29, 0.717) is 10.8 Å². The SMILES string of the molecule is CCC1(CC)CCN(CC(C)(C)CBr)CC1. The van der Waals surface area contributed by atoms with Gasteiger partial charge in [-0.25, -0.2) is 0 Å². The van der Waals surface area contributed by atoms with E-state index in [1.165, 1.54) is 45.3 Å². The van der Waals surface area contributed by atoms with Gasteiger partial charge in [-0.3, -0.25) is 0 Å². The van der Waals surface area contributed by atoms with E-state index in [-0.39, 0.29) is 0 Å². The molecule has 1 heterocycles. The smallest absolute Gasteiger partial charge is 0.00949 e. The van der Waals surface area contributed by atoms with Gasteiger partial charge in [-0.15, -0.1) is 0 Å². The number of halogens is 1. The highest BCUT2D eigenvalue weighted by atomic mass is 79.9. The minimum Gasteiger partial charge on any atom is -0.303 e. The van der Waals surface area contributed by atoms with E-state index in [1.54, 1.807) is 0 Å². The second-order valence-electron chi connectivity index (χ2n) is 6.28. The third-order valence-corrected chi connectivity index (χ3v) is 5.95. The zero-order valence-corrected chi connectivity index (χ0v) is 13.1. The average molecular weight is 290 g/mol. The predicted molar refractivity (Wildman–Crippen MR) is 76.3 cm³/mol. The van der Waals surface area contributed by atoms with Crippen molar-refractivity contribution < 1.29 is 0 Å². The molecule has 0 saturated carbocycles. The van der Waals surface area contributed by atoms with Crippen LogP contribution < -0.4 is 0 Å². The van der Waals surface area contributed by atoms with Crippen molar-refractivity contribution in [2.75, 3.05) is 25.0 Å². The molecule has 0 aliphatic carbocycles. The average Bonchev–Trinajstić information content (AvgIpc) is 2.30. The van der Waals surface area contributed by atoms with E-state index < -0.39 is 0 Å². The van der Waals surface area contributed by atoms with Gasteiger partial charge in [0.2, 0.25) is 0 Å². The van der Waals surface area contributed by atoms with Crippen molar-refractivity contribution in [3.05, 3.63) is 0 Å². The lowest BCUT2D eigenvalue weighted by molar-refractivity contribution is 0.0742. The molecule has 0 atom stereocenters. The summed E-state index contributed by atoms with van der Waals surface area (Å²) in [4.78, 5) is 2.66. The predicted octanol–water partition coefficient (Wildman–Crippen LogP) is 4.31. The Bertz CT molecular complexity index is 199. The Hall–Kier alpha value is 0.440. The monoisotopic (exact) mass is 289 g/mol. The summed E-state index contributed by atoms with van der Waals surface area (Å²) in [7, 11) is 0. The van der Waals surface area contributed by atoms with Gasteiger partial charge >= 0.3 is 0 Å². The Morgan fingerprint density at radius 1 is 1.12 bits per heavy atom. The van der Waals surface area contributed by atoms with Crippen molar-refractivity contribution in [1.82, 2.24) is 4.90 Å². The number of likely N-dealkylation sites (tertiary alicyclic amines) is 1. The molecule has 2 heteroatoms. The molecule has 1 rings (SSSR count). The topological polar surface area (TPSA) is 3.24 Å². The first-order valence-electron chi connectivity index (χ1n) is 6.75. The van der Waals surface area contributed by atoms with Crippen LogP contribution in [-0.2, 0) is 0 Å². The van der Waals surface area contributed by atoms with Crippen LogP contribution in [0.5, 0.6) is 0 Å². The quantitative estimate of drug-likeness (QED) is 0.682. The zero-order valence-electron chi connectivity index (χ0n) is 11.5. The maximum absolute atomic E-state index is 3.62. The summed E-state index contributed by atoms with van der Waals surface area (Å²) in [6.07, 6.45) is 5.52. The third-order valence-electron chi connectivity index (χ3n) is 4.43. The van der Waals surface area contributed by atoms with E-state index in [2.05, 4.69) is 48.5 Å². The van der Waals surface area contributed by atoms with Crippen LogP contribution >= 0.6 is 15.9 Å². The first kappa shape index (κ1) is 14.5. The fourth-order valence-electron chi connectivity index (χ4n) is 2.79. The number of hydrogen-bond acceptors (Lipinski definition) is 1. The summed E-state index contributed by atoms with van der Waals surface area (Å²) in [6.45, 7) is 13.3. The fourth-order valence-corrected chi connectivity index (χ4v) is 2.97. The number of rotatable bonds is 5. The van der Waals surface area contributed by atoms with Crippen LogP contribution in [0, 0.1) is 10.8 Å². The molecule has 0 bridgehead atoms. The standard InChI is InChI=1S/C14H28BrN/c1-5-14(6-2)7-9-16(10-8-14)12-13(3,4)11-15/h5-12H2,1-4H3. The molecule has 0 N–H and O–H groups in total. The third kappa shape index (κ3) is 3.73. The summed E-state index contributed by atoms with van der Waals surface area (Å²) in [6, 6.07) is 0. The normalized spacial score (nSPS) is 22.3. The van der Waals surface area contributed by atoms with Gasteiger partial charge in [-0.1, -0.05) is 56.5 Å². The molecule has 96 valence electrons. The van der Waals surface area contributed by atoms with E-state index in [0.717, 1.165) is 5.33 Å². The van der Waals surface area contributed by atoms with Gasteiger partial charge in [-0.05, 0) is 36.8 Å². The second-order valence-corrected chi connectivity index (χ2v) is 6.84. The van der Waals surface area contributed by atoms with Gasteiger partial charge in [0.05, 0.1) is 0 Å². The van der Waals surface area contributed by atoms with E-state index in [4.69, 9.17) is 0 Å². The second kappa shape index (κ2) is 5.86. The number of nitrogens with zero attached hydrogens (tertiary/aromatic N) is 1.